The Labute approximate surface area is 85.4 Å². The van der Waals surface area contributed by atoms with E-state index in [0.717, 1.165) is 6.42 Å². The Morgan fingerprint density at radius 1 is 1.57 bits per heavy atom. The van der Waals surface area contributed by atoms with Gasteiger partial charge in [-0.3, -0.25) is 0 Å². The lowest BCUT2D eigenvalue weighted by atomic mass is 9.88. The highest BCUT2D eigenvalue weighted by atomic mass is 32.2. The van der Waals surface area contributed by atoms with Crippen LogP contribution in [0.1, 0.15) is 26.2 Å². The predicted molar refractivity (Wildman–Crippen MR) is 55.7 cm³/mol. The van der Waals surface area contributed by atoms with Crippen LogP contribution < -0.4 is 5.73 Å². The van der Waals surface area contributed by atoms with Crippen LogP contribution in [-0.4, -0.2) is 37.7 Å². The molecule has 0 aromatic rings. The summed E-state index contributed by atoms with van der Waals surface area (Å²) >= 11 is 0. The fourth-order valence-corrected chi connectivity index (χ4v) is 3.65. The van der Waals surface area contributed by atoms with E-state index in [0.29, 0.717) is 19.4 Å². The highest BCUT2D eigenvalue weighted by molar-refractivity contribution is 7.92. The summed E-state index contributed by atoms with van der Waals surface area (Å²) in [5.41, 5.74) is 5.23. The molecule has 0 saturated heterocycles. The van der Waals surface area contributed by atoms with Crippen LogP contribution in [0.15, 0.2) is 0 Å². The van der Waals surface area contributed by atoms with E-state index in [2.05, 4.69) is 0 Å². The van der Waals surface area contributed by atoms with E-state index < -0.39 is 9.84 Å². The van der Waals surface area contributed by atoms with Crippen LogP contribution in [0.5, 0.6) is 0 Å². The second-order valence-electron chi connectivity index (χ2n) is 4.18. The van der Waals surface area contributed by atoms with E-state index in [1.54, 1.807) is 6.92 Å². The van der Waals surface area contributed by atoms with E-state index in [-0.39, 0.29) is 23.0 Å². The van der Waals surface area contributed by atoms with Gasteiger partial charge in [-0.25, -0.2) is 8.42 Å². The van der Waals surface area contributed by atoms with Crippen molar-refractivity contribution in [1.29, 1.82) is 0 Å². The molecule has 14 heavy (non-hydrogen) atoms. The topological polar surface area (TPSA) is 80.4 Å². The third-order valence-electron chi connectivity index (χ3n) is 3.34. The Kier molecular flexibility index (Phi) is 3.55. The monoisotopic (exact) mass is 221 g/mol. The molecule has 0 unspecified atom stereocenters. The average Bonchev–Trinajstić information content (AvgIpc) is 2.63. The molecule has 5 heteroatoms. The molecular weight excluding hydrogens is 202 g/mol. The summed E-state index contributed by atoms with van der Waals surface area (Å²) in [4.78, 5) is 0. The molecule has 4 nitrogen and oxygen atoms in total. The lowest BCUT2D eigenvalue weighted by Crippen LogP contribution is -2.33. The van der Waals surface area contributed by atoms with Crippen molar-refractivity contribution >= 4 is 9.84 Å². The standard InChI is InChI=1S/C9H19NO3S/c1-2-14(12,13)8-3-4-9(5-8,6-10)7-11/h8,11H,2-7,10H2,1H3/t8-,9+/m1/s1. The number of aliphatic hydroxyl groups is 1. The first-order valence-electron chi connectivity index (χ1n) is 5.02. The summed E-state index contributed by atoms with van der Waals surface area (Å²) in [6.07, 6.45) is 1.90. The molecule has 1 aliphatic rings. The molecule has 0 aliphatic heterocycles. The molecule has 0 heterocycles. The van der Waals surface area contributed by atoms with Crippen LogP contribution >= 0.6 is 0 Å². The van der Waals surface area contributed by atoms with Gasteiger partial charge in [0, 0.05) is 24.3 Å². The Morgan fingerprint density at radius 2 is 2.21 bits per heavy atom. The van der Waals surface area contributed by atoms with Gasteiger partial charge in [0.25, 0.3) is 0 Å². The smallest absolute Gasteiger partial charge is 0.152 e. The molecule has 0 aromatic carbocycles. The summed E-state index contributed by atoms with van der Waals surface area (Å²) in [5, 5.41) is 8.91. The first-order valence-corrected chi connectivity index (χ1v) is 6.74. The van der Waals surface area contributed by atoms with Gasteiger partial charge in [-0.15, -0.1) is 0 Å². The summed E-state index contributed by atoms with van der Waals surface area (Å²) in [5.74, 6) is 0.184. The van der Waals surface area contributed by atoms with Crippen LogP contribution in [0.2, 0.25) is 0 Å². The van der Waals surface area contributed by atoms with E-state index >= 15 is 0 Å². The molecule has 0 aromatic heterocycles. The highest BCUT2D eigenvalue weighted by Crippen LogP contribution is 2.40. The first kappa shape index (κ1) is 11.9. The van der Waals surface area contributed by atoms with Crippen molar-refractivity contribution in [1.82, 2.24) is 0 Å². The molecule has 1 saturated carbocycles. The molecule has 2 atom stereocenters. The van der Waals surface area contributed by atoms with Gasteiger partial charge in [0.2, 0.25) is 0 Å². The number of aliphatic hydroxyl groups excluding tert-OH is 1. The lowest BCUT2D eigenvalue weighted by molar-refractivity contribution is 0.138. The lowest BCUT2D eigenvalue weighted by Gasteiger charge is -2.24. The third kappa shape index (κ3) is 2.10. The molecule has 0 bridgehead atoms. The zero-order valence-electron chi connectivity index (χ0n) is 8.57. The second kappa shape index (κ2) is 4.16. The van der Waals surface area contributed by atoms with E-state index in [4.69, 9.17) is 5.73 Å². The van der Waals surface area contributed by atoms with Gasteiger partial charge >= 0.3 is 0 Å². The summed E-state index contributed by atoms with van der Waals surface area (Å²) in [7, 11) is -2.96. The SMILES string of the molecule is CCS(=O)(=O)[C@@H]1CC[C@](CN)(CO)C1. The minimum atomic E-state index is -2.96. The van der Waals surface area contributed by atoms with Crippen molar-refractivity contribution in [2.75, 3.05) is 18.9 Å². The van der Waals surface area contributed by atoms with Crippen molar-refractivity contribution in [2.24, 2.45) is 11.1 Å². The molecule has 0 amide bonds. The maximum atomic E-state index is 11.6. The van der Waals surface area contributed by atoms with Crippen molar-refractivity contribution in [3.8, 4) is 0 Å². The molecule has 84 valence electrons. The molecule has 1 aliphatic carbocycles. The van der Waals surface area contributed by atoms with Crippen LogP contribution in [0, 0.1) is 5.41 Å². The normalized spacial score (nSPS) is 33.5. The summed E-state index contributed by atoms with van der Waals surface area (Å²) in [6.45, 7) is 2.04. The average molecular weight is 221 g/mol. The van der Waals surface area contributed by atoms with Gasteiger partial charge in [-0.1, -0.05) is 6.92 Å². The Balaban J connectivity index is 2.74. The van der Waals surface area contributed by atoms with Crippen molar-refractivity contribution < 1.29 is 13.5 Å². The summed E-state index contributed by atoms with van der Waals surface area (Å²) < 4.78 is 23.2. The molecule has 1 rings (SSSR count). The fourth-order valence-electron chi connectivity index (χ4n) is 2.09. The highest BCUT2D eigenvalue weighted by Gasteiger charge is 2.42. The Bertz CT molecular complexity index is 282. The third-order valence-corrected chi connectivity index (χ3v) is 5.56. The number of hydrogen-bond donors (Lipinski definition) is 2. The van der Waals surface area contributed by atoms with Crippen LogP contribution in [-0.2, 0) is 9.84 Å². The van der Waals surface area contributed by atoms with E-state index in [1.807, 2.05) is 0 Å². The largest absolute Gasteiger partial charge is 0.396 e. The Morgan fingerprint density at radius 3 is 2.57 bits per heavy atom. The fraction of sp³-hybridized carbons (Fsp3) is 1.00. The zero-order valence-corrected chi connectivity index (χ0v) is 9.39. The number of hydrogen-bond acceptors (Lipinski definition) is 4. The minimum absolute atomic E-state index is 0.000760. The van der Waals surface area contributed by atoms with Crippen molar-refractivity contribution in [2.45, 2.75) is 31.4 Å². The quantitative estimate of drug-likeness (QED) is 0.695. The molecule has 0 radical (unpaired) electrons. The Hall–Kier alpha value is -0.130. The molecule has 3 N–H and O–H groups in total. The van der Waals surface area contributed by atoms with Gasteiger partial charge in [0.1, 0.15) is 0 Å². The van der Waals surface area contributed by atoms with Crippen molar-refractivity contribution in [3.63, 3.8) is 0 Å². The second-order valence-corrected chi connectivity index (χ2v) is 6.75. The predicted octanol–water partition coefficient (Wildman–Crippen LogP) is -0.0890. The van der Waals surface area contributed by atoms with E-state index in [1.165, 1.54) is 0 Å². The van der Waals surface area contributed by atoms with Crippen LogP contribution in [0.25, 0.3) is 0 Å². The minimum Gasteiger partial charge on any atom is -0.396 e. The zero-order chi connectivity index (χ0) is 10.8. The van der Waals surface area contributed by atoms with Gasteiger partial charge in [0.15, 0.2) is 9.84 Å². The summed E-state index contributed by atoms with van der Waals surface area (Å²) in [6, 6.07) is 0. The van der Waals surface area contributed by atoms with E-state index in [9.17, 15) is 13.5 Å². The van der Waals surface area contributed by atoms with Crippen LogP contribution in [0.4, 0.5) is 0 Å². The number of nitrogens with two attached hydrogens (primary N) is 1. The van der Waals surface area contributed by atoms with Gasteiger partial charge in [0.05, 0.1) is 5.25 Å². The number of rotatable bonds is 4. The molecule has 1 fully saturated rings. The van der Waals surface area contributed by atoms with Gasteiger partial charge in [-0.05, 0) is 19.3 Å². The first-order chi connectivity index (χ1) is 6.49. The van der Waals surface area contributed by atoms with Gasteiger partial charge in [-0.2, -0.15) is 0 Å². The maximum absolute atomic E-state index is 11.6. The van der Waals surface area contributed by atoms with Crippen molar-refractivity contribution in [3.05, 3.63) is 0 Å². The van der Waals surface area contributed by atoms with Gasteiger partial charge < -0.3 is 10.8 Å². The van der Waals surface area contributed by atoms with Crippen LogP contribution in [0.3, 0.4) is 0 Å². The maximum Gasteiger partial charge on any atom is 0.152 e. The molecule has 0 spiro atoms. The molecular formula is C9H19NO3S. The number of sulfone groups is 1.